The van der Waals surface area contributed by atoms with Crippen molar-refractivity contribution in [3.8, 4) is 0 Å². The fourth-order valence-electron chi connectivity index (χ4n) is 4.06. The number of carboxylic acid groups (broad SMARTS) is 2. The van der Waals surface area contributed by atoms with Crippen LogP contribution in [0.1, 0.15) is 49.0 Å². The number of aryl methyl sites for hydroxylation is 2. The SMILES string of the molecule is CN1CCc2ccccc2[C@H](N)C1=O.Cc1ccc(C(=O)O[C@@H](C(=O)O)[C@@H](OC(=O)c2ccc(C)cc2)C(=O)O)cc1. The number of rotatable bonds is 7. The van der Waals surface area contributed by atoms with Gasteiger partial charge in [-0.25, -0.2) is 19.2 Å². The van der Waals surface area contributed by atoms with Crippen LogP contribution in [0, 0.1) is 13.8 Å². The minimum absolute atomic E-state index is 0.00921. The first-order chi connectivity index (χ1) is 19.9. The third-order valence-corrected chi connectivity index (χ3v) is 6.55. The molecule has 11 heteroatoms. The van der Waals surface area contributed by atoms with Gasteiger partial charge in [0, 0.05) is 13.6 Å². The van der Waals surface area contributed by atoms with E-state index in [2.05, 4.69) is 0 Å². The summed E-state index contributed by atoms with van der Waals surface area (Å²) in [4.78, 5) is 60.7. The van der Waals surface area contributed by atoms with Gasteiger partial charge in [-0.1, -0.05) is 59.7 Å². The molecule has 0 spiro atoms. The Hall–Kier alpha value is -5.03. The van der Waals surface area contributed by atoms with Gasteiger partial charge in [-0.3, -0.25) is 4.79 Å². The third-order valence-electron chi connectivity index (χ3n) is 6.55. The Morgan fingerprint density at radius 1 is 0.786 bits per heavy atom. The zero-order chi connectivity index (χ0) is 31.0. The van der Waals surface area contributed by atoms with Gasteiger partial charge in [-0.15, -0.1) is 0 Å². The second-order valence-corrected chi connectivity index (χ2v) is 9.75. The number of ether oxygens (including phenoxy) is 2. The van der Waals surface area contributed by atoms with Crippen molar-refractivity contribution in [2.24, 2.45) is 5.73 Å². The van der Waals surface area contributed by atoms with Crippen LogP contribution in [-0.4, -0.2) is 70.7 Å². The molecule has 1 amide bonds. The van der Waals surface area contributed by atoms with E-state index in [1.165, 1.54) is 29.8 Å². The number of esters is 2. The van der Waals surface area contributed by atoms with Crippen LogP contribution >= 0.6 is 0 Å². The minimum Gasteiger partial charge on any atom is -0.478 e. The van der Waals surface area contributed by atoms with E-state index < -0.39 is 42.1 Å². The molecule has 220 valence electrons. The average molecular weight is 577 g/mol. The van der Waals surface area contributed by atoms with Crippen molar-refractivity contribution < 1.29 is 43.7 Å². The molecular weight excluding hydrogens is 544 g/mol. The number of likely N-dealkylation sites (N-methyl/N-ethyl adjacent to an activating group) is 1. The molecule has 0 saturated heterocycles. The second-order valence-electron chi connectivity index (χ2n) is 9.75. The number of amides is 1. The van der Waals surface area contributed by atoms with Gasteiger partial charge in [-0.05, 0) is 55.7 Å². The summed E-state index contributed by atoms with van der Waals surface area (Å²) in [6.45, 7) is 4.34. The van der Waals surface area contributed by atoms with Crippen LogP contribution in [-0.2, 0) is 30.3 Å². The molecule has 11 nitrogen and oxygen atoms in total. The number of benzene rings is 3. The van der Waals surface area contributed by atoms with Crippen LogP contribution in [0.5, 0.6) is 0 Å². The van der Waals surface area contributed by atoms with Gasteiger partial charge < -0.3 is 30.3 Å². The van der Waals surface area contributed by atoms with E-state index in [1.807, 2.05) is 24.3 Å². The van der Waals surface area contributed by atoms with Crippen molar-refractivity contribution in [2.45, 2.75) is 38.5 Å². The Bertz CT molecular complexity index is 1380. The Morgan fingerprint density at radius 2 is 1.21 bits per heavy atom. The first kappa shape index (κ1) is 31.5. The summed E-state index contributed by atoms with van der Waals surface area (Å²) < 4.78 is 9.64. The molecule has 0 saturated carbocycles. The van der Waals surface area contributed by atoms with E-state index in [0.717, 1.165) is 29.7 Å². The molecule has 1 aliphatic rings. The molecule has 0 bridgehead atoms. The number of fused-ring (bicyclic) bond motifs is 1. The molecule has 0 aromatic heterocycles. The number of nitrogens with two attached hydrogens (primary N) is 1. The van der Waals surface area contributed by atoms with Gasteiger partial charge in [0.05, 0.1) is 11.1 Å². The van der Waals surface area contributed by atoms with Crippen LogP contribution in [0.3, 0.4) is 0 Å². The van der Waals surface area contributed by atoms with Gasteiger partial charge in [0.1, 0.15) is 6.04 Å². The third kappa shape index (κ3) is 8.01. The lowest BCUT2D eigenvalue weighted by atomic mass is 10.00. The lowest BCUT2D eigenvalue weighted by Gasteiger charge is -2.21. The lowest BCUT2D eigenvalue weighted by Crippen LogP contribution is -2.45. The molecule has 4 rings (SSSR count). The average Bonchev–Trinajstić information content (AvgIpc) is 3.07. The van der Waals surface area contributed by atoms with E-state index >= 15 is 0 Å². The highest BCUT2D eigenvalue weighted by Gasteiger charge is 2.41. The van der Waals surface area contributed by atoms with Gasteiger partial charge in [0.2, 0.25) is 18.1 Å². The molecule has 1 heterocycles. The molecule has 0 radical (unpaired) electrons. The summed E-state index contributed by atoms with van der Waals surface area (Å²) in [5.74, 6) is -5.61. The highest BCUT2D eigenvalue weighted by molar-refractivity contribution is 5.95. The monoisotopic (exact) mass is 576 g/mol. The predicted molar refractivity (Wildman–Crippen MR) is 151 cm³/mol. The molecule has 3 aromatic carbocycles. The maximum Gasteiger partial charge on any atom is 0.349 e. The summed E-state index contributed by atoms with van der Waals surface area (Å²) in [5.41, 5.74) is 9.85. The van der Waals surface area contributed by atoms with Gasteiger partial charge in [0.15, 0.2) is 0 Å². The first-order valence-corrected chi connectivity index (χ1v) is 13.0. The zero-order valence-electron chi connectivity index (χ0n) is 23.4. The standard InChI is InChI=1S/C20H18O8.C11H14N2O/c1-11-3-7-13(8-4-11)19(25)27-15(17(21)22)16(18(23)24)28-20(26)14-9-5-12(2)6-10-14;1-13-7-6-8-4-2-3-5-9(8)10(12)11(13)14/h3-10,15-16H,1-2H3,(H,21,22)(H,23,24);2-5,10H,6-7,12H2,1H3/t15-,16-;10-/m10/s1. The number of nitrogens with zero attached hydrogens (tertiary/aromatic N) is 1. The van der Waals surface area contributed by atoms with Crippen LogP contribution in [0.25, 0.3) is 0 Å². The maximum absolute atomic E-state index is 12.2. The Morgan fingerprint density at radius 3 is 1.64 bits per heavy atom. The van der Waals surface area contributed by atoms with E-state index in [1.54, 1.807) is 50.1 Å². The minimum atomic E-state index is -2.22. The number of carbonyl (C=O) groups is 5. The van der Waals surface area contributed by atoms with Gasteiger partial charge in [0.25, 0.3) is 0 Å². The second kappa shape index (κ2) is 14.0. The van der Waals surface area contributed by atoms with Crippen molar-refractivity contribution in [1.29, 1.82) is 0 Å². The smallest absolute Gasteiger partial charge is 0.349 e. The number of hydrogen-bond donors (Lipinski definition) is 3. The molecule has 3 atom stereocenters. The van der Waals surface area contributed by atoms with E-state index in [9.17, 15) is 34.2 Å². The molecule has 3 aromatic rings. The summed E-state index contributed by atoms with van der Waals surface area (Å²) in [6.07, 6.45) is -3.55. The first-order valence-electron chi connectivity index (χ1n) is 13.0. The lowest BCUT2D eigenvalue weighted by molar-refractivity contribution is -0.166. The van der Waals surface area contributed by atoms with Crippen molar-refractivity contribution in [1.82, 2.24) is 4.90 Å². The summed E-state index contributed by atoms with van der Waals surface area (Å²) in [6, 6.07) is 19.5. The fraction of sp³-hybridized carbons (Fsp3) is 0.258. The maximum atomic E-state index is 12.2. The number of carboxylic acids is 2. The normalized spacial score (nSPS) is 15.6. The molecule has 42 heavy (non-hydrogen) atoms. The largest absolute Gasteiger partial charge is 0.478 e. The number of carbonyl (C=O) groups excluding carboxylic acids is 3. The molecular formula is C31H32N2O9. The van der Waals surface area contributed by atoms with Crippen LogP contribution < -0.4 is 5.73 Å². The molecule has 1 aliphatic heterocycles. The fourth-order valence-corrected chi connectivity index (χ4v) is 4.06. The molecule has 0 fully saturated rings. The Kier molecular flexibility index (Phi) is 10.5. The molecule has 4 N–H and O–H groups in total. The van der Waals surface area contributed by atoms with E-state index in [-0.39, 0.29) is 17.0 Å². The topological polar surface area (TPSA) is 174 Å². The molecule has 0 aliphatic carbocycles. The zero-order valence-corrected chi connectivity index (χ0v) is 23.4. The quantitative estimate of drug-likeness (QED) is 0.355. The van der Waals surface area contributed by atoms with Crippen molar-refractivity contribution >= 4 is 29.8 Å². The van der Waals surface area contributed by atoms with Crippen molar-refractivity contribution in [2.75, 3.05) is 13.6 Å². The van der Waals surface area contributed by atoms with E-state index in [4.69, 9.17) is 15.2 Å². The summed E-state index contributed by atoms with van der Waals surface area (Å²) in [5, 5.41) is 18.6. The highest BCUT2D eigenvalue weighted by atomic mass is 16.6. The highest BCUT2D eigenvalue weighted by Crippen LogP contribution is 2.22. The van der Waals surface area contributed by atoms with Crippen LogP contribution in [0.15, 0.2) is 72.8 Å². The summed E-state index contributed by atoms with van der Waals surface area (Å²) >= 11 is 0. The summed E-state index contributed by atoms with van der Waals surface area (Å²) in [7, 11) is 1.80. The number of aliphatic carboxylic acids is 2. The number of hydrogen-bond acceptors (Lipinski definition) is 8. The predicted octanol–water partition coefficient (Wildman–Crippen LogP) is 2.92. The van der Waals surface area contributed by atoms with Crippen molar-refractivity contribution in [3.63, 3.8) is 0 Å². The Balaban J connectivity index is 0.000000287. The van der Waals surface area contributed by atoms with Gasteiger partial charge >= 0.3 is 23.9 Å². The van der Waals surface area contributed by atoms with E-state index in [0.29, 0.717) is 0 Å². The van der Waals surface area contributed by atoms with Crippen LogP contribution in [0.2, 0.25) is 0 Å². The molecule has 0 unspecified atom stereocenters. The Labute approximate surface area is 242 Å². The van der Waals surface area contributed by atoms with Crippen LogP contribution in [0.4, 0.5) is 0 Å². The van der Waals surface area contributed by atoms with Gasteiger partial charge in [-0.2, -0.15) is 0 Å². The van der Waals surface area contributed by atoms with Crippen molar-refractivity contribution in [3.05, 3.63) is 106 Å².